The van der Waals surface area contributed by atoms with Crippen molar-refractivity contribution in [3.63, 3.8) is 0 Å². The van der Waals surface area contributed by atoms with E-state index in [9.17, 15) is 19.6 Å². The number of rotatable bonds is 8. The highest BCUT2D eigenvalue weighted by molar-refractivity contribution is 8.13. The molecule has 2 amide bonds. The summed E-state index contributed by atoms with van der Waals surface area (Å²) in [6.45, 7) is 4.10. The molecule has 9 nitrogen and oxygen atoms in total. The van der Waals surface area contributed by atoms with Crippen LogP contribution in [0.15, 0.2) is 0 Å². The molecular weight excluding hydrogens is 314 g/mol. The van der Waals surface area contributed by atoms with Crippen LogP contribution in [0.2, 0.25) is 0 Å². The zero-order valence-electron chi connectivity index (χ0n) is 13.3. The summed E-state index contributed by atoms with van der Waals surface area (Å²) in [4.78, 5) is 40.9. The first-order valence-electron chi connectivity index (χ1n) is 6.48. The Balaban J connectivity index is 4.66. The van der Waals surface area contributed by atoms with E-state index in [-0.39, 0.29) is 29.3 Å². The number of carbonyl (C=O) groups excluding carboxylic acids is 3. The highest BCUT2D eigenvalue weighted by Gasteiger charge is 2.32. The summed E-state index contributed by atoms with van der Waals surface area (Å²) in [6.07, 6.45) is 0. The van der Waals surface area contributed by atoms with E-state index in [1.807, 2.05) is 0 Å². The van der Waals surface area contributed by atoms with Gasteiger partial charge >= 0.3 is 0 Å². The molecule has 10 heteroatoms. The molecule has 0 heterocycles. The smallest absolute Gasteiger partial charge is 0.245 e. The van der Waals surface area contributed by atoms with Crippen LogP contribution in [0.5, 0.6) is 0 Å². The largest absolute Gasteiger partial charge is 0.566 e. The third kappa shape index (κ3) is 7.71. The monoisotopic (exact) mass is 337 g/mol. The molecule has 0 aliphatic rings. The van der Waals surface area contributed by atoms with Crippen LogP contribution in [0.25, 0.3) is 0 Å². The minimum absolute atomic E-state index is 0.0614. The highest BCUT2D eigenvalue weighted by atomic mass is 32.2. The molecule has 0 aliphatic heterocycles. The summed E-state index contributed by atoms with van der Waals surface area (Å²) < 4.78 is 0. The van der Waals surface area contributed by atoms with Gasteiger partial charge in [0.15, 0.2) is 5.12 Å². The fourth-order valence-corrected chi connectivity index (χ4v) is 2.38. The van der Waals surface area contributed by atoms with Crippen molar-refractivity contribution in [1.82, 2.24) is 10.2 Å². The molecule has 0 saturated heterocycles. The van der Waals surface area contributed by atoms with Crippen molar-refractivity contribution in [2.75, 3.05) is 26.5 Å². The van der Waals surface area contributed by atoms with Gasteiger partial charge in [-0.25, -0.2) is 0 Å². The second-order valence-electron chi connectivity index (χ2n) is 5.52. The van der Waals surface area contributed by atoms with Gasteiger partial charge in [0.1, 0.15) is 12.6 Å². The molecule has 0 rings (SSSR count). The molecule has 0 fully saturated rings. The molecular formula is C12H23N3O6S. The zero-order valence-corrected chi connectivity index (χ0v) is 14.2. The lowest BCUT2D eigenvalue weighted by atomic mass is 9.97. The zero-order chi connectivity index (χ0) is 17.5. The average molecular weight is 337 g/mol. The van der Waals surface area contributed by atoms with Crippen molar-refractivity contribution in [3.8, 4) is 0 Å². The van der Waals surface area contributed by atoms with Crippen LogP contribution >= 0.6 is 11.8 Å². The third-order valence-electron chi connectivity index (χ3n) is 2.61. The summed E-state index contributed by atoms with van der Waals surface area (Å²) in [6, 6.07) is -0.822. The number of carbonyl (C=O) groups is 3. The minimum Gasteiger partial charge on any atom is -0.566 e. The van der Waals surface area contributed by atoms with Crippen LogP contribution < -0.4 is 10.7 Å². The van der Waals surface area contributed by atoms with Crippen LogP contribution in [0.3, 0.4) is 0 Å². The molecule has 3 N–H and O–H groups in total. The molecule has 1 unspecified atom stereocenters. The molecule has 0 spiro atoms. The van der Waals surface area contributed by atoms with Crippen molar-refractivity contribution < 1.29 is 29.8 Å². The number of thioether (sulfide) groups is 1. The number of amides is 2. The molecule has 0 aromatic carbocycles. The SMILES string of the molecule is CC(=O)N[C@@H](CSC(=O)C(C)(C)CO[NH+]([O-])O)C(=O)N(C)C. The van der Waals surface area contributed by atoms with Crippen molar-refractivity contribution in [2.24, 2.45) is 5.41 Å². The van der Waals surface area contributed by atoms with Gasteiger partial charge in [-0.15, -0.1) is 0 Å². The van der Waals surface area contributed by atoms with Crippen molar-refractivity contribution >= 4 is 28.7 Å². The third-order valence-corrected chi connectivity index (χ3v) is 3.92. The minimum atomic E-state index is -1.45. The number of nitrogens with zero attached hydrogens (tertiary/aromatic N) is 1. The van der Waals surface area contributed by atoms with Gasteiger partial charge in [-0.05, 0) is 13.8 Å². The van der Waals surface area contributed by atoms with Gasteiger partial charge in [0, 0.05) is 26.8 Å². The molecule has 0 aliphatic carbocycles. The molecule has 0 radical (unpaired) electrons. The molecule has 0 saturated carbocycles. The van der Waals surface area contributed by atoms with Crippen molar-refractivity contribution in [3.05, 3.63) is 5.21 Å². The van der Waals surface area contributed by atoms with Crippen LogP contribution in [0.1, 0.15) is 20.8 Å². The van der Waals surface area contributed by atoms with Crippen molar-refractivity contribution in [1.29, 1.82) is 0 Å². The predicted octanol–water partition coefficient (Wildman–Crippen LogP) is -1.43. The van der Waals surface area contributed by atoms with E-state index < -0.39 is 16.8 Å². The second-order valence-corrected chi connectivity index (χ2v) is 6.52. The fourth-order valence-electron chi connectivity index (χ4n) is 1.39. The number of hydrogen-bond acceptors (Lipinski definition) is 7. The summed E-state index contributed by atoms with van der Waals surface area (Å²) in [7, 11) is 3.10. The lowest BCUT2D eigenvalue weighted by Gasteiger charge is -2.25. The van der Waals surface area contributed by atoms with Crippen LogP contribution in [0.4, 0.5) is 0 Å². The van der Waals surface area contributed by atoms with Gasteiger partial charge in [0.25, 0.3) is 0 Å². The number of quaternary nitrogens is 1. The Morgan fingerprint density at radius 2 is 1.95 bits per heavy atom. The van der Waals surface area contributed by atoms with Gasteiger partial charge in [-0.3, -0.25) is 14.4 Å². The lowest BCUT2D eigenvalue weighted by Crippen LogP contribution is -3.03. The Bertz CT molecular complexity index is 414. The van der Waals surface area contributed by atoms with E-state index in [0.717, 1.165) is 11.8 Å². The Labute approximate surface area is 133 Å². The van der Waals surface area contributed by atoms with Crippen LogP contribution in [-0.4, -0.2) is 59.5 Å². The first-order valence-corrected chi connectivity index (χ1v) is 7.47. The summed E-state index contributed by atoms with van der Waals surface area (Å²) in [5, 5.41) is 19.6. The van der Waals surface area contributed by atoms with E-state index in [4.69, 9.17) is 5.21 Å². The second kappa shape index (κ2) is 9.06. The summed E-state index contributed by atoms with van der Waals surface area (Å²) in [5.41, 5.74) is -1.02. The predicted molar refractivity (Wildman–Crippen MR) is 79.6 cm³/mol. The molecule has 128 valence electrons. The van der Waals surface area contributed by atoms with E-state index in [2.05, 4.69) is 10.2 Å². The van der Waals surface area contributed by atoms with E-state index in [0.29, 0.717) is 0 Å². The quantitative estimate of drug-likeness (QED) is 0.464. The maximum atomic E-state index is 12.1. The molecule has 0 aromatic heterocycles. The Hall–Kier alpha value is -1.20. The van der Waals surface area contributed by atoms with Gasteiger partial charge < -0.3 is 15.4 Å². The lowest BCUT2D eigenvalue weighted by molar-refractivity contribution is -1.21. The summed E-state index contributed by atoms with van der Waals surface area (Å²) >= 11 is 0.857. The van der Waals surface area contributed by atoms with Gasteiger partial charge in [0.05, 0.1) is 5.41 Å². The van der Waals surface area contributed by atoms with E-state index in [1.54, 1.807) is 27.9 Å². The standard InChI is InChI=1S/C12H23N3O6S/c1-8(16)13-9(10(17)14(4)5)6-22-11(18)12(2,3)7-21-15(19)20/h9,15,19H,6-7H2,1-5H3,(H,13,16)/t9-/m0/s1. The molecule has 2 atom stereocenters. The Morgan fingerprint density at radius 1 is 1.41 bits per heavy atom. The maximum Gasteiger partial charge on any atom is 0.245 e. The number of nitrogens with one attached hydrogen (secondary N) is 2. The molecule has 0 bridgehead atoms. The van der Waals surface area contributed by atoms with E-state index in [1.165, 1.54) is 11.8 Å². The topological polar surface area (TPSA) is 123 Å². The normalized spacial score (nSPS) is 14.1. The van der Waals surface area contributed by atoms with Gasteiger partial charge in [-0.2, -0.15) is 10.0 Å². The van der Waals surface area contributed by atoms with E-state index >= 15 is 0 Å². The van der Waals surface area contributed by atoms with Gasteiger partial charge in [0.2, 0.25) is 11.8 Å². The number of hydrogen-bond donors (Lipinski definition) is 3. The molecule has 22 heavy (non-hydrogen) atoms. The fraction of sp³-hybridized carbons (Fsp3) is 0.750. The highest BCUT2D eigenvalue weighted by Crippen LogP contribution is 2.24. The Morgan fingerprint density at radius 3 is 2.36 bits per heavy atom. The maximum absolute atomic E-state index is 12.1. The average Bonchev–Trinajstić information content (AvgIpc) is 2.39. The Kier molecular flexibility index (Phi) is 8.56. The first kappa shape index (κ1) is 20.8. The number of likely N-dealkylation sites (N-methyl/N-ethyl adjacent to an activating group) is 1. The van der Waals surface area contributed by atoms with Gasteiger partial charge in [-0.1, -0.05) is 17.2 Å². The first-order chi connectivity index (χ1) is 9.97. The summed E-state index contributed by atoms with van der Waals surface area (Å²) in [5.74, 6) is -0.636. The molecule has 0 aromatic rings. The van der Waals surface area contributed by atoms with Crippen LogP contribution in [-0.2, 0) is 19.2 Å². The van der Waals surface area contributed by atoms with Crippen LogP contribution in [0, 0.1) is 10.6 Å². The van der Waals surface area contributed by atoms with Crippen molar-refractivity contribution in [2.45, 2.75) is 26.8 Å².